The van der Waals surface area contributed by atoms with Gasteiger partial charge in [0.05, 0.1) is 10.5 Å². The van der Waals surface area contributed by atoms with E-state index in [2.05, 4.69) is 4.72 Å². The van der Waals surface area contributed by atoms with Crippen LogP contribution < -0.4 is 4.72 Å². The lowest BCUT2D eigenvalue weighted by Crippen LogP contribution is -2.13. The Morgan fingerprint density at radius 3 is 2.40 bits per heavy atom. The molecule has 102 valence electrons. The molecule has 0 radical (unpaired) electrons. The van der Waals surface area contributed by atoms with Gasteiger partial charge in [-0.05, 0) is 42.5 Å². The molecule has 2 N–H and O–H groups in total. The maximum absolute atomic E-state index is 13.2. The standard InChI is InChI=1S/C13H9FN2O3S/c14-13-6-5-12(7-9(13)8-15)20(18,19)16-10-1-3-11(17)4-2-10/h1-7,16-17H. The van der Waals surface area contributed by atoms with Gasteiger partial charge < -0.3 is 5.11 Å². The number of benzene rings is 2. The van der Waals surface area contributed by atoms with Crippen molar-refractivity contribution in [3.63, 3.8) is 0 Å². The fourth-order valence-electron chi connectivity index (χ4n) is 1.50. The second-order valence-corrected chi connectivity index (χ2v) is 5.59. The summed E-state index contributed by atoms with van der Waals surface area (Å²) in [6.45, 7) is 0. The Morgan fingerprint density at radius 2 is 1.80 bits per heavy atom. The number of halogens is 1. The first kappa shape index (κ1) is 13.8. The fraction of sp³-hybridized carbons (Fsp3) is 0. The molecule has 0 aliphatic carbocycles. The number of rotatable bonds is 3. The van der Waals surface area contributed by atoms with Crippen molar-refractivity contribution in [3.8, 4) is 11.8 Å². The molecule has 20 heavy (non-hydrogen) atoms. The molecule has 7 heteroatoms. The summed E-state index contributed by atoms with van der Waals surface area (Å²) in [5, 5.41) is 17.8. The summed E-state index contributed by atoms with van der Waals surface area (Å²) in [6, 6.07) is 9.92. The average Bonchev–Trinajstić information content (AvgIpc) is 2.41. The summed E-state index contributed by atoms with van der Waals surface area (Å²) in [4.78, 5) is -0.219. The van der Waals surface area contributed by atoms with Crippen molar-refractivity contribution in [2.75, 3.05) is 4.72 Å². The molecule has 0 atom stereocenters. The van der Waals surface area contributed by atoms with Gasteiger partial charge in [0.15, 0.2) is 0 Å². The molecule has 0 fully saturated rings. The molecule has 0 heterocycles. The van der Waals surface area contributed by atoms with Crippen molar-refractivity contribution >= 4 is 15.7 Å². The first-order chi connectivity index (χ1) is 9.42. The lowest BCUT2D eigenvalue weighted by molar-refractivity contribution is 0.475. The van der Waals surface area contributed by atoms with Crippen molar-refractivity contribution in [2.24, 2.45) is 0 Å². The molecule has 0 spiro atoms. The van der Waals surface area contributed by atoms with E-state index in [9.17, 15) is 12.8 Å². The van der Waals surface area contributed by atoms with Gasteiger partial charge in [0.1, 0.15) is 17.6 Å². The van der Waals surface area contributed by atoms with Gasteiger partial charge in [-0.25, -0.2) is 12.8 Å². The molecule has 0 aliphatic rings. The normalized spacial score (nSPS) is 10.8. The minimum absolute atomic E-state index is 0.00139. The second kappa shape index (κ2) is 5.19. The van der Waals surface area contributed by atoms with Gasteiger partial charge in [-0.2, -0.15) is 5.26 Å². The molecule has 0 aromatic heterocycles. The zero-order valence-corrected chi connectivity index (χ0v) is 10.9. The van der Waals surface area contributed by atoms with Crippen LogP contribution in [0.15, 0.2) is 47.4 Å². The van der Waals surface area contributed by atoms with Gasteiger partial charge in [0, 0.05) is 5.69 Å². The maximum Gasteiger partial charge on any atom is 0.261 e. The van der Waals surface area contributed by atoms with E-state index in [1.54, 1.807) is 6.07 Å². The van der Waals surface area contributed by atoms with Crippen molar-refractivity contribution in [1.29, 1.82) is 5.26 Å². The van der Waals surface area contributed by atoms with E-state index in [0.29, 0.717) is 0 Å². The fourth-order valence-corrected chi connectivity index (χ4v) is 2.59. The lowest BCUT2D eigenvalue weighted by Gasteiger charge is -2.08. The topological polar surface area (TPSA) is 90.2 Å². The number of hydrogen-bond acceptors (Lipinski definition) is 4. The molecule has 0 saturated heterocycles. The van der Waals surface area contributed by atoms with Crippen LogP contribution in [0.4, 0.5) is 10.1 Å². The van der Waals surface area contributed by atoms with Crippen LogP contribution in [0, 0.1) is 17.1 Å². The number of nitrogens with one attached hydrogen (secondary N) is 1. The minimum Gasteiger partial charge on any atom is -0.508 e. The number of nitrogens with zero attached hydrogens (tertiary/aromatic N) is 1. The molecule has 5 nitrogen and oxygen atoms in total. The van der Waals surface area contributed by atoms with Gasteiger partial charge in [0.2, 0.25) is 0 Å². The number of phenolic OH excluding ortho intramolecular Hbond substituents is 1. The van der Waals surface area contributed by atoms with Crippen LogP contribution >= 0.6 is 0 Å². The van der Waals surface area contributed by atoms with Gasteiger partial charge in [0.25, 0.3) is 10.0 Å². The smallest absolute Gasteiger partial charge is 0.261 e. The number of aromatic hydroxyl groups is 1. The molecule has 0 saturated carbocycles. The van der Waals surface area contributed by atoms with Crippen molar-refractivity contribution < 1.29 is 17.9 Å². The predicted molar refractivity (Wildman–Crippen MR) is 70.0 cm³/mol. The monoisotopic (exact) mass is 292 g/mol. The maximum atomic E-state index is 13.2. The zero-order chi connectivity index (χ0) is 14.8. The Hall–Kier alpha value is -2.59. The number of nitriles is 1. The third-order valence-corrected chi connectivity index (χ3v) is 3.87. The molecule has 2 aromatic rings. The summed E-state index contributed by atoms with van der Waals surface area (Å²) < 4.78 is 39.5. The minimum atomic E-state index is -3.92. The first-order valence-electron chi connectivity index (χ1n) is 5.44. The molecule has 0 amide bonds. The van der Waals surface area contributed by atoms with Crippen molar-refractivity contribution in [1.82, 2.24) is 0 Å². The van der Waals surface area contributed by atoms with E-state index in [-0.39, 0.29) is 21.9 Å². The molecular weight excluding hydrogens is 283 g/mol. The van der Waals surface area contributed by atoms with Crippen LogP contribution in [0.25, 0.3) is 0 Å². The van der Waals surface area contributed by atoms with Crippen molar-refractivity contribution in [2.45, 2.75) is 4.90 Å². The highest BCUT2D eigenvalue weighted by Crippen LogP contribution is 2.20. The second-order valence-electron chi connectivity index (χ2n) is 3.91. The number of anilines is 1. The highest BCUT2D eigenvalue weighted by molar-refractivity contribution is 7.92. The first-order valence-corrected chi connectivity index (χ1v) is 6.92. The van der Waals surface area contributed by atoms with Crippen LogP contribution in [0.5, 0.6) is 5.75 Å². The third-order valence-electron chi connectivity index (χ3n) is 2.49. The average molecular weight is 292 g/mol. The molecule has 0 aliphatic heterocycles. The van der Waals surface area contributed by atoms with E-state index >= 15 is 0 Å². The largest absolute Gasteiger partial charge is 0.508 e. The predicted octanol–water partition coefficient (Wildman–Crippen LogP) is 2.20. The Balaban J connectivity index is 2.36. The van der Waals surface area contributed by atoms with Crippen LogP contribution in [0.2, 0.25) is 0 Å². The van der Waals surface area contributed by atoms with Crippen LogP contribution in [-0.4, -0.2) is 13.5 Å². The highest BCUT2D eigenvalue weighted by atomic mass is 32.2. The summed E-state index contributed by atoms with van der Waals surface area (Å²) in [7, 11) is -3.92. The molecular formula is C13H9FN2O3S. The Labute approximate surface area is 115 Å². The van der Waals surface area contributed by atoms with Crippen LogP contribution in [-0.2, 0) is 10.0 Å². The number of sulfonamides is 1. The van der Waals surface area contributed by atoms with E-state index in [1.165, 1.54) is 24.3 Å². The van der Waals surface area contributed by atoms with Gasteiger partial charge in [-0.15, -0.1) is 0 Å². The number of hydrogen-bond donors (Lipinski definition) is 2. The zero-order valence-electron chi connectivity index (χ0n) is 10.0. The van der Waals surface area contributed by atoms with Crippen LogP contribution in [0.1, 0.15) is 5.56 Å². The summed E-state index contributed by atoms with van der Waals surface area (Å²) in [5.41, 5.74) is -0.107. The highest BCUT2D eigenvalue weighted by Gasteiger charge is 2.16. The van der Waals surface area contributed by atoms with E-state index < -0.39 is 15.8 Å². The molecule has 0 bridgehead atoms. The van der Waals surface area contributed by atoms with Gasteiger partial charge in [-0.1, -0.05) is 0 Å². The van der Waals surface area contributed by atoms with Crippen LogP contribution in [0.3, 0.4) is 0 Å². The summed E-state index contributed by atoms with van der Waals surface area (Å²) >= 11 is 0. The summed E-state index contributed by atoms with van der Waals surface area (Å²) in [6.07, 6.45) is 0. The molecule has 2 rings (SSSR count). The third kappa shape index (κ3) is 2.87. The van der Waals surface area contributed by atoms with Crippen molar-refractivity contribution in [3.05, 3.63) is 53.8 Å². The van der Waals surface area contributed by atoms with E-state index in [1.807, 2.05) is 0 Å². The van der Waals surface area contributed by atoms with Gasteiger partial charge in [-0.3, -0.25) is 4.72 Å². The van der Waals surface area contributed by atoms with Gasteiger partial charge >= 0.3 is 0 Å². The molecule has 2 aromatic carbocycles. The Kier molecular flexibility index (Phi) is 3.59. The lowest BCUT2D eigenvalue weighted by atomic mass is 10.2. The Morgan fingerprint density at radius 1 is 1.15 bits per heavy atom. The Bertz CT molecular complexity index is 780. The van der Waals surface area contributed by atoms with E-state index in [0.717, 1.165) is 18.2 Å². The quantitative estimate of drug-likeness (QED) is 0.849. The number of phenols is 1. The SMILES string of the molecule is N#Cc1cc(S(=O)(=O)Nc2ccc(O)cc2)ccc1F. The van der Waals surface area contributed by atoms with E-state index in [4.69, 9.17) is 10.4 Å². The summed E-state index contributed by atoms with van der Waals surface area (Å²) in [5.74, 6) is -0.780. The molecule has 0 unspecified atom stereocenters.